The number of ether oxygens (including phenoxy) is 1. The molecule has 0 radical (unpaired) electrons. The van der Waals surface area contributed by atoms with Gasteiger partial charge in [0.1, 0.15) is 0 Å². The molecule has 0 spiro atoms. The summed E-state index contributed by atoms with van der Waals surface area (Å²) < 4.78 is 32.5. The summed E-state index contributed by atoms with van der Waals surface area (Å²) in [6, 6.07) is 11.6. The molecule has 0 aromatic heterocycles. The second-order valence-corrected chi connectivity index (χ2v) is 8.98. The first-order valence-corrected chi connectivity index (χ1v) is 11.4. The number of sulfonamides is 1. The van der Waals surface area contributed by atoms with Crippen LogP contribution in [0.2, 0.25) is 10.0 Å². The number of carbonyl (C=O) groups excluding carboxylic acids is 2. The molecule has 1 N–H and O–H groups in total. The number of nitriles is 1. The quantitative estimate of drug-likeness (QED) is 0.306. The Morgan fingerprint density at radius 1 is 1.19 bits per heavy atom. The predicted molar refractivity (Wildman–Crippen MR) is 121 cm³/mol. The van der Waals surface area contributed by atoms with Gasteiger partial charge < -0.3 is 10.1 Å². The average Bonchev–Trinajstić information content (AvgIpc) is 2.77. The van der Waals surface area contributed by atoms with Crippen molar-refractivity contribution in [1.82, 2.24) is 5.32 Å². The number of benzene rings is 2. The predicted octanol–water partition coefficient (Wildman–Crippen LogP) is 3.56. The molecule has 0 aliphatic carbocycles. The van der Waals surface area contributed by atoms with Crippen molar-refractivity contribution in [2.24, 2.45) is 0 Å². The van der Waals surface area contributed by atoms with Gasteiger partial charge in [-0.2, -0.15) is 5.26 Å². The Morgan fingerprint density at radius 3 is 2.50 bits per heavy atom. The number of nitrogens with zero attached hydrogens (tertiary/aromatic N) is 2. The van der Waals surface area contributed by atoms with Gasteiger partial charge in [0.05, 0.1) is 40.2 Å². The van der Waals surface area contributed by atoms with Crippen LogP contribution in [-0.2, 0) is 19.6 Å². The fourth-order valence-corrected chi connectivity index (χ4v) is 4.32. The van der Waals surface area contributed by atoms with Gasteiger partial charge in [-0.1, -0.05) is 29.3 Å². The molecule has 0 unspecified atom stereocenters. The standard InChI is InChI=1S/C21H19Cl2N3O5S/c1-2-12-26(16-6-4-15(22)5-7-16)32(29,30)17-8-9-19(23)18(13-17)21(28)31-14-20(27)25-11-3-10-24/h2,4-9,13H,1,3,11-12,14H2,(H,25,27). The van der Waals surface area contributed by atoms with Gasteiger partial charge in [0, 0.05) is 11.6 Å². The van der Waals surface area contributed by atoms with Crippen LogP contribution in [0.5, 0.6) is 0 Å². The molecule has 0 heterocycles. The van der Waals surface area contributed by atoms with E-state index in [4.69, 9.17) is 33.2 Å². The molecule has 0 fully saturated rings. The normalized spacial score (nSPS) is 10.7. The van der Waals surface area contributed by atoms with E-state index in [1.54, 1.807) is 24.3 Å². The third-order valence-corrected chi connectivity index (χ3v) is 6.42. The first-order valence-electron chi connectivity index (χ1n) is 9.20. The van der Waals surface area contributed by atoms with Crippen molar-refractivity contribution in [2.75, 3.05) is 24.0 Å². The van der Waals surface area contributed by atoms with E-state index in [-0.39, 0.29) is 35.0 Å². The van der Waals surface area contributed by atoms with Crippen LogP contribution in [0.4, 0.5) is 5.69 Å². The van der Waals surface area contributed by atoms with Gasteiger partial charge in [-0.3, -0.25) is 9.10 Å². The van der Waals surface area contributed by atoms with Gasteiger partial charge in [0.15, 0.2) is 6.61 Å². The minimum absolute atomic E-state index is 0.0325. The Kier molecular flexibility index (Phi) is 9.08. The van der Waals surface area contributed by atoms with E-state index < -0.39 is 28.5 Å². The summed E-state index contributed by atoms with van der Waals surface area (Å²) in [6.45, 7) is 3.07. The summed E-state index contributed by atoms with van der Waals surface area (Å²) in [5.74, 6) is -1.57. The molecule has 0 saturated heterocycles. The van der Waals surface area contributed by atoms with Crippen molar-refractivity contribution in [2.45, 2.75) is 11.3 Å². The molecule has 11 heteroatoms. The Bertz CT molecular complexity index is 1150. The fraction of sp³-hybridized carbons (Fsp3) is 0.190. The molecular formula is C21H19Cl2N3O5S. The van der Waals surface area contributed by atoms with Gasteiger partial charge in [0.25, 0.3) is 15.9 Å². The number of nitrogens with one attached hydrogen (secondary N) is 1. The highest BCUT2D eigenvalue weighted by Crippen LogP contribution is 2.28. The zero-order valence-electron chi connectivity index (χ0n) is 16.8. The van der Waals surface area contributed by atoms with E-state index in [1.165, 1.54) is 18.2 Å². The monoisotopic (exact) mass is 495 g/mol. The number of rotatable bonds is 10. The first-order chi connectivity index (χ1) is 15.2. The third kappa shape index (κ3) is 6.47. The summed E-state index contributed by atoms with van der Waals surface area (Å²) in [5.41, 5.74) is 0.134. The fourth-order valence-electron chi connectivity index (χ4n) is 2.53. The van der Waals surface area contributed by atoms with Crippen molar-refractivity contribution < 1.29 is 22.7 Å². The highest BCUT2D eigenvalue weighted by Gasteiger charge is 2.26. The molecule has 2 aromatic rings. The second kappa shape index (κ2) is 11.5. The summed E-state index contributed by atoms with van der Waals surface area (Å²) in [7, 11) is -4.11. The number of hydrogen-bond donors (Lipinski definition) is 1. The van der Waals surface area contributed by atoms with Crippen molar-refractivity contribution in [3.63, 3.8) is 0 Å². The van der Waals surface area contributed by atoms with Crippen molar-refractivity contribution in [3.05, 3.63) is 70.7 Å². The molecule has 2 rings (SSSR count). The molecule has 2 aromatic carbocycles. The van der Waals surface area contributed by atoms with Crippen LogP contribution < -0.4 is 9.62 Å². The molecule has 0 saturated carbocycles. The van der Waals surface area contributed by atoms with Crippen LogP contribution in [0, 0.1) is 11.3 Å². The van der Waals surface area contributed by atoms with E-state index in [0.29, 0.717) is 10.7 Å². The third-order valence-electron chi connectivity index (χ3n) is 4.05. The molecule has 0 bridgehead atoms. The van der Waals surface area contributed by atoms with Crippen LogP contribution in [0.1, 0.15) is 16.8 Å². The molecule has 0 aliphatic heterocycles. The maximum Gasteiger partial charge on any atom is 0.340 e. The number of carbonyl (C=O) groups is 2. The van der Waals surface area contributed by atoms with E-state index in [0.717, 1.165) is 10.4 Å². The lowest BCUT2D eigenvalue weighted by Crippen LogP contribution is -2.31. The number of esters is 1. The van der Waals surface area contributed by atoms with E-state index in [1.807, 2.05) is 6.07 Å². The highest BCUT2D eigenvalue weighted by atomic mass is 35.5. The Balaban J connectivity index is 2.28. The number of amides is 1. The summed E-state index contributed by atoms with van der Waals surface area (Å²) in [6.07, 6.45) is 1.53. The highest BCUT2D eigenvalue weighted by molar-refractivity contribution is 7.92. The largest absolute Gasteiger partial charge is 0.452 e. The van der Waals surface area contributed by atoms with Gasteiger partial charge in [0.2, 0.25) is 0 Å². The zero-order valence-corrected chi connectivity index (χ0v) is 19.1. The molecule has 32 heavy (non-hydrogen) atoms. The maximum absolute atomic E-state index is 13.3. The zero-order chi connectivity index (χ0) is 23.7. The van der Waals surface area contributed by atoms with Gasteiger partial charge >= 0.3 is 5.97 Å². The minimum atomic E-state index is -4.11. The van der Waals surface area contributed by atoms with E-state index in [2.05, 4.69) is 11.9 Å². The van der Waals surface area contributed by atoms with Crippen LogP contribution in [-0.4, -0.2) is 40.0 Å². The van der Waals surface area contributed by atoms with E-state index in [9.17, 15) is 18.0 Å². The van der Waals surface area contributed by atoms with Crippen molar-refractivity contribution in [3.8, 4) is 6.07 Å². The molecule has 8 nitrogen and oxygen atoms in total. The van der Waals surface area contributed by atoms with Crippen LogP contribution in [0.15, 0.2) is 60.0 Å². The van der Waals surface area contributed by atoms with E-state index >= 15 is 0 Å². The van der Waals surface area contributed by atoms with Crippen molar-refractivity contribution >= 4 is 50.8 Å². The number of halogens is 2. The second-order valence-electron chi connectivity index (χ2n) is 6.28. The summed E-state index contributed by atoms with van der Waals surface area (Å²) >= 11 is 11.9. The van der Waals surface area contributed by atoms with Crippen LogP contribution >= 0.6 is 23.2 Å². The van der Waals surface area contributed by atoms with Gasteiger partial charge in [-0.05, 0) is 42.5 Å². The lowest BCUT2D eigenvalue weighted by molar-refractivity contribution is -0.124. The molecule has 1 amide bonds. The lowest BCUT2D eigenvalue weighted by Gasteiger charge is -2.23. The molecule has 168 valence electrons. The maximum atomic E-state index is 13.3. The lowest BCUT2D eigenvalue weighted by atomic mass is 10.2. The van der Waals surface area contributed by atoms with Crippen molar-refractivity contribution in [1.29, 1.82) is 5.26 Å². The molecule has 0 atom stereocenters. The smallest absolute Gasteiger partial charge is 0.340 e. The number of anilines is 1. The number of hydrogen-bond acceptors (Lipinski definition) is 6. The average molecular weight is 496 g/mol. The SMILES string of the molecule is C=CCN(c1ccc(Cl)cc1)S(=O)(=O)c1ccc(Cl)c(C(=O)OCC(=O)NCCC#N)c1. The summed E-state index contributed by atoms with van der Waals surface area (Å²) in [4.78, 5) is 23.9. The topological polar surface area (TPSA) is 117 Å². The Morgan fingerprint density at radius 2 is 1.88 bits per heavy atom. The first kappa shape index (κ1) is 25.2. The Labute approximate surface area is 196 Å². The summed E-state index contributed by atoms with van der Waals surface area (Å²) in [5, 5.41) is 11.3. The van der Waals surface area contributed by atoms with Crippen LogP contribution in [0.3, 0.4) is 0 Å². The molecular weight excluding hydrogens is 477 g/mol. The minimum Gasteiger partial charge on any atom is -0.452 e. The van der Waals surface area contributed by atoms with Crippen LogP contribution in [0.25, 0.3) is 0 Å². The molecule has 0 aliphatic rings. The van der Waals surface area contributed by atoms with Gasteiger partial charge in [-0.25, -0.2) is 13.2 Å². The Hall–Kier alpha value is -3.06. The van der Waals surface area contributed by atoms with Gasteiger partial charge in [-0.15, -0.1) is 6.58 Å².